The van der Waals surface area contributed by atoms with Gasteiger partial charge in [0.25, 0.3) is 0 Å². The molecule has 0 aromatic heterocycles. The summed E-state index contributed by atoms with van der Waals surface area (Å²) in [6.45, 7) is 0. The molecule has 2 aromatic rings. The fourth-order valence-electron chi connectivity index (χ4n) is 2.22. The van der Waals surface area contributed by atoms with Crippen LogP contribution in [0.25, 0.3) is 0 Å². The van der Waals surface area contributed by atoms with Crippen molar-refractivity contribution < 1.29 is 81.8 Å². The molecule has 0 spiro atoms. The van der Waals surface area contributed by atoms with Crippen LogP contribution in [0.1, 0.15) is 14.0 Å². The first kappa shape index (κ1) is 23.1. The van der Waals surface area contributed by atoms with Gasteiger partial charge in [-0.2, -0.15) is 0 Å². The molecular weight excluding hydrogens is 326 g/mol. The average molecular weight is 344 g/mol. The van der Waals surface area contributed by atoms with E-state index >= 15 is 0 Å². The summed E-state index contributed by atoms with van der Waals surface area (Å²) in [5.74, 6) is -2.39. The summed E-state index contributed by atoms with van der Waals surface area (Å²) in [4.78, 5) is 23.0. The molecule has 0 radical (unpaired) electrons. The maximum Gasteiger partial charge on any atom is 1.00 e. The second-order valence-electron chi connectivity index (χ2n) is 4.89. The van der Waals surface area contributed by atoms with E-state index in [1.807, 2.05) is 12.1 Å². The normalized spacial score (nSPS) is 10.7. The molecule has 0 saturated heterocycles. The van der Waals surface area contributed by atoms with Crippen molar-refractivity contribution in [2.45, 2.75) is 12.8 Å². The minimum atomic E-state index is -1.20. The van der Waals surface area contributed by atoms with Gasteiger partial charge >= 0.3 is 71.1 Å². The molecule has 24 heavy (non-hydrogen) atoms. The van der Waals surface area contributed by atoms with Crippen LogP contribution >= 0.6 is 0 Å². The first-order valence-corrected chi connectivity index (χ1v) is 6.84. The van der Waals surface area contributed by atoms with Gasteiger partial charge in [0.1, 0.15) is 0 Å². The van der Waals surface area contributed by atoms with Crippen molar-refractivity contribution in [2.24, 2.45) is 0 Å². The standard InChI is InChI=1S/C18H16O4.2Na.2H/c19-17(20)15(11-13-7-3-1-4-8-13)16(18(21)22)12-14-9-5-2-6-10-14;;;;/h1-10H,11-12H2,(H,19,20)(H,21,22);;;;/q;2*+1;2*-1/b16-15-;;;;. The third kappa shape index (κ3) is 6.93. The number of rotatable bonds is 6. The van der Waals surface area contributed by atoms with E-state index in [4.69, 9.17) is 0 Å². The van der Waals surface area contributed by atoms with Crippen LogP contribution in [0.2, 0.25) is 0 Å². The number of carboxylic acids is 2. The van der Waals surface area contributed by atoms with Crippen LogP contribution in [0, 0.1) is 0 Å². The Morgan fingerprint density at radius 2 is 0.958 bits per heavy atom. The van der Waals surface area contributed by atoms with Crippen LogP contribution in [0.5, 0.6) is 0 Å². The molecule has 0 fully saturated rings. The van der Waals surface area contributed by atoms with Gasteiger partial charge < -0.3 is 13.1 Å². The molecule has 0 bridgehead atoms. The van der Waals surface area contributed by atoms with E-state index in [9.17, 15) is 19.8 Å². The SMILES string of the molecule is O=C(O)/C(Cc1ccccc1)=C(/Cc1ccccc1)C(=O)O.[H-].[H-].[Na+].[Na+]. The van der Waals surface area contributed by atoms with E-state index in [2.05, 4.69) is 0 Å². The van der Waals surface area contributed by atoms with E-state index in [1.54, 1.807) is 48.5 Å². The van der Waals surface area contributed by atoms with E-state index < -0.39 is 11.9 Å². The van der Waals surface area contributed by atoms with Gasteiger partial charge in [0.2, 0.25) is 0 Å². The van der Waals surface area contributed by atoms with Gasteiger partial charge in [-0.25, -0.2) is 9.59 Å². The molecule has 0 aliphatic heterocycles. The Labute approximate surface area is 188 Å². The van der Waals surface area contributed by atoms with Crippen molar-refractivity contribution in [3.05, 3.63) is 82.9 Å². The van der Waals surface area contributed by atoms with Gasteiger partial charge in [0.15, 0.2) is 0 Å². The fourth-order valence-corrected chi connectivity index (χ4v) is 2.22. The summed E-state index contributed by atoms with van der Waals surface area (Å²) in [7, 11) is 0. The maximum absolute atomic E-state index is 11.5. The topological polar surface area (TPSA) is 74.6 Å². The molecule has 2 rings (SSSR count). The largest absolute Gasteiger partial charge is 1.00 e. The minimum absolute atomic E-state index is 0. The number of hydrogen-bond acceptors (Lipinski definition) is 2. The second-order valence-corrected chi connectivity index (χ2v) is 4.89. The minimum Gasteiger partial charge on any atom is -1.00 e. The molecular formula is C18H18Na2O4. The number of carboxylic acid groups (broad SMARTS) is 2. The number of carbonyl (C=O) groups is 2. The third-order valence-corrected chi connectivity index (χ3v) is 3.33. The van der Waals surface area contributed by atoms with Gasteiger partial charge in [-0.3, -0.25) is 0 Å². The molecule has 0 atom stereocenters. The smallest absolute Gasteiger partial charge is 1.00 e. The molecule has 0 aliphatic rings. The molecule has 0 unspecified atom stereocenters. The van der Waals surface area contributed by atoms with Crippen LogP contribution in [0.15, 0.2) is 71.8 Å². The van der Waals surface area contributed by atoms with Crippen LogP contribution in [-0.2, 0) is 22.4 Å². The fraction of sp³-hybridized carbons (Fsp3) is 0.111. The molecule has 0 aliphatic carbocycles. The van der Waals surface area contributed by atoms with Crippen molar-refractivity contribution >= 4 is 11.9 Å². The predicted molar refractivity (Wildman–Crippen MR) is 84.8 cm³/mol. The summed E-state index contributed by atoms with van der Waals surface area (Å²) in [5.41, 5.74) is 1.38. The summed E-state index contributed by atoms with van der Waals surface area (Å²) in [6.07, 6.45) is 0.176. The van der Waals surface area contributed by atoms with E-state index in [0.29, 0.717) is 0 Å². The zero-order chi connectivity index (χ0) is 15.9. The van der Waals surface area contributed by atoms with Gasteiger partial charge in [-0.1, -0.05) is 60.7 Å². The van der Waals surface area contributed by atoms with Crippen LogP contribution in [-0.4, -0.2) is 22.2 Å². The Kier molecular flexibility index (Phi) is 11.2. The molecule has 4 nitrogen and oxygen atoms in total. The van der Waals surface area contributed by atoms with Gasteiger partial charge in [-0.05, 0) is 11.1 Å². The molecule has 0 amide bonds. The number of benzene rings is 2. The van der Waals surface area contributed by atoms with Crippen LogP contribution in [0.4, 0.5) is 0 Å². The number of aliphatic carboxylic acids is 2. The molecule has 2 N–H and O–H groups in total. The van der Waals surface area contributed by atoms with Crippen molar-refractivity contribution in [1.29, 1.82) is 0 Å². The Morgan fingerprint density at radius 3 is 1.21 bits per heavy atom. The summed E-state index contributed by atoms with van der Waals surface area (Å²) < 4.78 is 0. The Balaban J connectivity index is -0.00000132. The Bertz CT molecular complexity index is 646. The van der Waals surface area contributed by atoms with Gasteiger partial charge in [0, 0.05) is 12.8 Å². The third-order valence-electron chi connectivity index (χ3n) is 3.33. The zero-order valence-electron chi connectivity index (χ0n) is 15.9. The summed E-state index contributed by atoms with van der Waals surface area (Å²) in [5, 5.41) is 18.8. The van der Waals surface area contributed by atoms with E-state index in [1.165, 1.54) is 0 Å². The molecule has 0 saturated carbocycles. The second kappa shape index (κ2) is 11.6. The average Bonchev–Trinajstić information content (AvgIpc) is 2.52. The predicted octanol–water partition coefficient (Wildman–Crippen LogP) is -2.83. The number of hydrogen-bond donors (Lipinski definition) is 2. The van der Waals surface area contributed by atoms with Crippen molar-refractivity contribution in [3.8, 4) is 0 Å². The zero-order valence-corrected chi connectivity index (χ0v) is 17.9. The molecule has 116 valence electrons. The van der Waals surface area contributed by atoms with Gasteiger partial charge in [0.05, 0.1) is 11.1 Å². The first-order valence-electron chi connectivity index (χ1n) is 6.84. The molecule has 0 heterocycles. The molecule has 2 aromatic carbocycles. The van der Waals surface area contributed by atoms with E-state index in [0.717, 1.165) is 11.1 Å². The van der Waals surface area contributed by atoms with Crippen molar-refractivity contribution in [2.75, 3.05) is 0 Å². The van der Waals surface area contributed by atoms with Gasteiger partial charge in [-0.15, -0.1) is 0 Å². The summed E-state index contributed by atoms with van der Waals surface area (Å²) in [6, 6.07) is 18.0. The van der Waals surface area contributed by atoms with Crippen LogP contribution in [0.3, 0.4) is 0 Å². The Hall–Kier alpha value is -0.880. The molecule has 6 heteroatoms. The van der Waals surface area contributed by atoms with Crippen LogP contribution < -0.4 is 59.1 Å². The summed E-state index contributed by atoms with van der Waals surface area (Å²) >= 11 is 0. The van der Waals surface area contributed by atoms with Crippen molar-refractivity contribution in [3.63, 3.8) is 0 Å². The Morgan fingerprint density at radius 1 is 0.667 bits per heavy atom. The maximum atomic E-state index is 11.5. The first-order chi connectivity index (χ1) is 10.6. The van der Waals surface area contributed by atoms with Crippen molar-refractivity contribution in [1.82, 2.24) is 0 Å². The quantitative estimate of drug-likeness (QED) is 0.438. The van der Waals surface area contributed by atoms with E-state index in [-0.39, 0.29) is 86.0 Å². The monoisotopic (exact) mass is 344 g/mol.